The molecule has 0 bridgehead atoms. The van der Waals surface area contributed by atoms with Crippen molar-refractivity contribution in [3.8, 4) is 17.5 Å². The molecule has 7 heteroatoms. The van der Waals surface area contributed by atoms with Gasteiger partial charge in [0.1, 0.15) is 23.1 Å². The Hall–Kier alpha value is -3.66. The van der Waals surface area contributed by atoms with Crippen LogP contribution in [0.15, 0.2) is 49.1 Å². The van der Waals surface area contributed by atoms with E-state index in [9.17, 15) is 0 Å². The molecule has 1 aromatic carbocycles. The molecule has 0 saturated heterocycles. The number of nitriles is 1. The van der Waals surface area contributed by atoms with Crippen LogP contribution in [0.1, 0.15) is 35.6 Å². The highest BCUT2D eigenvalue weighted by molar-refractivity contribution is 5.77. The third-order valence-electron chi connectivity index (χ3n) is 5.14. The van der Waals surface area contributed by atoms with Crippen LogP contribution in [0.2, 0.25) is 0 Å². The van der Waals surface area contributed by atoms with E-state index in [-0.39, 0.29) is 6.10 Å². The first-order valence-electron chi connectivity index (χ1n) is 9.23. The van der Waals surface area contributed by atoms with Gasteiger partial charge in [-0.25, -0.2) is 9.67 Å². The van der Waals surface area contributed by atoms with E-state index >= 15 is 0 Å². The normalized spacial score (nSPS) is 15.9. The van der Waals surface area contributed by atoms with Gasteiger partial charge in [-0.2, -0.15) is 15.5 Å². The van der Waals surface area contributed by atoms with Crippen molar-refractivity contribution in [2.75, 3.05) is 0 Å². The molecule has 3 aromatic heterocycles. The fourth-order valence-corrected chi connectivity index (χ4v) is 3.80. The maximum Gasteiger partial charge on any atom is 0.140 e. The van der Waals surface area contributed by atoms with Crippen molar-refractivity contribution >= 4 is 11.0 Å². The zero-order valence-electron chi connectivity index (χ0n) is 15.4. The van der Waals surface area contributed by atoms with Gasteiger partial charge in [0.15, 0.2) is 0 Å². The second-order valence-electron chi connectivity index (χ2n) is 7.03. The molecular formula is C21H18N6O. The summed E-state index contributed by atoms with van der Waals surface area (Å²) < 4.78 is 9.88. The number of nitrogens with zero attached hydrogens (tertiary/aromatic N) is 6. The molecule has 0 spiro atoms. The Labute approximate surface area is 161 Å². The molecule has 1 aliphatic carbocycles. The summed E-state index contributed by atoms with van der Waals surface area (Å²) in [5.74, 6) is 0.709. The lowest BCUT2D eigenvalue weighted by Gasteiger charge is -2.26. The predicted molar refractivity (Wildman–Crippen MR) is 103 cm³/mol. The molecule has 4 aromatic rings. The van der Waals surface area contributed by atoms with E-state index in [4.69, 9.17) is 10.00 Å². The van der Waals surface area contributed by atoms with Crippen molar-refractivity contribution in [1.82, 2.24) is 24.5 Å². The molecule has 3 heterocycles. The van der Waals surface area contributed by atoms with Crippen molar-refractivity contribution in [2.24, 2.45) is 7.05 Å². The molecule has 0 unspecified atom stereocenters. The van der Waals surface area contributed by atoms with Crippen LogP contribution in [0.4, 0.5) is 0 Å². The first-order valence-corrected chi connectivity index (χ1v) is 9.23. The van der Waals surface area contributed by atoms with Gasteiger partial charge in [-0.1, -0.05) is 6.07 Å². The van der Waals surface area contributed by atoms with Crippen LogP contribution < -0.4 is 4.74 Å². The minimum Gasteiger partial charge on any atom is -0.484 e. The molecule has 0 saturated carbocycles. The molecule has 0 radical (unpaired) electrons. The van der Waals surface area contributed by atoms with E-state index in [0.29, 0.717) is 11.3 Å². The first-order chi connectivity index (χ1) is 13.7. The standard InChI is InChI=1S/C21H18N6O/c1-26-13-16(10-24-26)27-20-8-17(11-23-19(20)12-25-27)28-21-4-2-3-15-7-14(9-22)5-6-18(15)21/h5-8,10-13,21H,2-4H2,1H3/t21-/m0/s1. The van der Waals surface area contributed by atoms with E-state index in [0.717, 1.165) is 41.5 Å². The Morgan fingerprint density at radius 2 is 2.11 bits per heavy atom. The van der Waals surface area contributed by atoms with E-state index in [2.05, 4.69) is 21.3 Å². The lowest BCUT2D eigenvalue weighted by molar-refractivity contribution is 0.183. The third kappa shape index (κ3) is 2.79. The molecule has 5 rings (SSSR count). The molecular weight excluding hydrogens is 352 g/mol. The molecule has 1 atom stereocenters. The minimum atomic E-state index is -0.0366. The third-order valence-corrected chi connectivity index (χ3v) is 5.14. The molecule has 0 fully saturated rings. The molecule has 0 amide bonds. The van der Waals surface area contributed by atoms with Gasteiger partial charge in [-0.15, -0.1) is 0 Å². The van der Waals surface area contributed by atoms with E-state index in [1.54, 1.807) is 23.3 Å². The lowest BCUT2D eigenvalue weighted by Crippen LogP contribution is -2.15. The lowest BCUT2D eigenvalue weighted by atomic mass is 9.88. The van der Waals surface area contributed by atoms with Gasteiger partial charge in [0.25, 0.3) is 0 Å². The second-order valence-corrected chi connectivity index (χ2v) is 7.03. The molecule has 7 nitrogen and oxygen atoms in total. The molecule has 28 heavy (non-hydrogen) atoms. The number of aromatic nitrogens is 5. The van der Waals surface area contributed by atoms with Gasteiger partial charge in [0.2, 0.25) is 0 Å². The van der Waals surface area contributed by atoms with Crippen molar-refractivity contribution in [3.05, 3.63) is 65.7 Å². The Morgan fingerprint density at radius 1 is 1.18 bits per heavy atom. The fraction of sp³-hybridized carbons (Fsp3) is 0.238. The summed E-state index contributed by atoms with van der Waals surface area (Å²) in [7, 11) is 1.88. The topological polar surface area (TPSA) is 81.5 Å². The number of hydrogen-bond acceptors (Lipinski definition) is 5. The number of rotatable bonds is 3. The van der Waals surface area contributed by atoms with Crippen molar-refractivity contribution in [2.45, 2.75) is 25.4 Å². The number of ether oxygens (including phenoxy) is 1. The van der Waals surface area contributed by atoms with E-state index in [1.807, 2.05) is 42.2 Å². The van der Waals surface area contributed by atoms with Gasteiger partial charge >= 0.3 is 0 Å². The largest absolute Gasteiger partial charge is 0.484 e. The van der Waals surface area contributed by atoms with Gasteiger partial charge in [-0.05, 0) is 42.5 Å². The summed E-state index contributed by atoms with van der Waals surface area (Å²) >= 11 is 0. The summed E-state index contributed by atoms with van der Waals surface area (Å²) in [6.45, 7) is 0. The highest BCUT2D eigenvalue weighted by atomic mass is 16.5. The fourth-order valence-electron chi connectivity index (χ4n) is 3.80. The van der Waals surface area contributed by atoms with Crippen LogP contribution in [0.25, 0.3) is 16.7 Å². The number of pyridine rings is 1. The zero-order chi connectivity index (χ0) is 19.1. The Morgan fingerprint density at radius 3 is 2.93 bits per heavy atom. The molecule has 0 aliphatic heterocycles. The summed E-state index contributed by atoms with van der Waals surface area (Å²) in [6.07, 6.45) is 10.1. The van der Waals surface area contributed by atoms with Gasteiger partial charge in [0.05, 0.1) is 41.9 Å². The average Bonchev–Trinajstić information content (AvgIpc) is 3.33. The van der Waals surface area contributed by atoms with E-state index in [1.165, 1.54) is 5.56 Å². The summed E-state index contributed by atoms with van der Waals surface area (Å²) in [4.78, 5) is 4.50. The molecule has 0 N–H and O–H groups in total. The van der Waals surface area contributed by atoms with E-state index < -0.39 is 0 Å². The van der Waals surface area contributed by atoms with Crippen molar-refractivity contribution < 1.29 is 4.74 Å². The zero-order valence-corrected chi connectivity index (χ0v) is 15.4. The summed E-state index contributed by atoms with van der Waals surface area (Å²) in [5.41, 5.74) is 5.61. The summed E-state index contributed by atoms with van der Waals surface area (Å²) in [5, 5.41) is 17.8. The highest BCUT2D eigenvalue weighted by Crippen LogP contribution is 2.34. The van der Waals surface area contributed by atoms with Crippen LogP contribution in [0, 0.1) is 11.3 Å². The molecule has 138 valence electrons. The maximum absolute atomic E-state index is 9.14. The van der Waals surface area contributed by atoms with Crippen LogP contribution >= 0.6 is 0 Å². The van der Waals surface area contributed by atoms with Gasteiger partial charge in [0, 0.05) is 13.1 Å². The average molecular weight is 370 g/mol. The van der Waals surface area contributed by atoms with Gasteiger partial charge < -0.3 is 4.74 Å². The van der Waals surface area contributed by atoms with Crippen molar-refractivity contribution in [3.63, 3.8) is 0 Å². The Bertz CT molecular complexity index is 1220. The first kappa shape index (κ1) is 16.5. The highest BCUT2D eigenvalue weighted by Gasteiger charge is 2.22. The van der Waals surface area contributed by atoms with Crippen LogP contribution in [-0.2, 0) is 13.5 Å². The SMILES string of the molecule is Cn1cc(-n2ncc3ncc(O[C@H]4CCCc5cc(C#N)ccc54)cc32)cn1. The van der Waals surface area contributed by atoms with Crippen LogP contribution in [0.3, 0.4) is 0 Å². The number of hydrogen-bond donors (Lipinski definition) is 0. The molecule has 1 aliphatic rings. The monoisotopic (exact) mass is 370 g/mol. The number of fused-ring (bicyclic) bond motifs is 2. The predicted octanol–water partition coefficient (Wildman–Crippen LogP) is 3.48. The number of aryl methyl sites for hydroxylation is 2. The van der Waals surface area contributed by atoms with Crippen LogP contribution in [-0.4, -0.2) is 24.5 Å². The van der Waals surface area contributed by atoms with Crippen molar-refractivity contribution in [1.29, 1.82) is 5.26 Å². The summed E-state index contributed by atoms with van der Waals surface area (Å²) in [6, 6.07) is 10.0. The Balaban J connectivity index is 1.49. The number of benzene rings is 1. The maximum atomic E-state index is 9.14. The quantitative estimate of drug-likeness (QED) is 0.551. The van der Waals surface area contributed by atoms with Gasteiger partial charge in [-0.3, -0.25) is 4.68 Å². The smallest absolute Gasteiger partial charge is 0.140 e. The van der Waals surface area contributed by atoms with Crippen LogP contribution in [0.5, 0.6) is 5.75 Å². The Kier molecular flexibility index (Phi) is 3.83. The minimum absolute atomic E-state index is 0.0366. The second kappa shape index (κ2) is 6.50.